The van der Waals surface area contributed by atoms with E-state index in [1.807, 2.05) is 0 Å². The normalized spacial score (nSPS) is 39.5. The fourth-order valence-corrected chi connectivity index (χ4v) is 7.89. The predicted octanol–water partition coefficient (Wildman–Crippen LogP) is 1.24. The maximum atomic E-state index is 13.3. The number of fused-ring (bicyclic) bond motifs is 1. The summed E-state index contributed by atoms with van der Waals surface area (Å²) in [6.07, 6.45) is 14.1. The second-order valence-electron chi connectivity index (χ2n) is 14.1. The number of rotatable bonds is 12. The summed E-state index contributed by atoms with van der Waals surface area (Å²) in [7, 11) is 0. The van der Waals surface area contributed by atoms with Gasteiger partial charge in [-0.2, -0.15) is 0 Å². The third-order valence-corrected chi connectivity index (χ3v) is 11.0. The van der Waals surface area contributed by atoms with Gasteiger partial charge in [0, 0.05) is 43.7 Å². The number of aliphatic hydroxyl groups excluding tert-OH is 1. The maximum absolute atomic E-state index is 13.3. The van der Waals surface area contributed by atoms with Gasteiger partial charge in [-0.25, -0.2) is 0 Å². The molecule has 3 heterocycles. The van der Waals surface area contributed by atoms with E-state index in [1.54, 1.807) is 0 Å². The summed E-state index contributed by atoms with van der Waals surface area (Å²) in [6.45, 7) is 6.51. The van der Waals surface area contributed by atoms with Gasteiger partial charge in [0.2, 0.25) is 5.91 Å². The average Bonchev–Trinajstić information content (AvgIpc) is 3.34. The Kier molecular flexibility index (Phi) is 10.5. The molecule has 3 aliphatic carbocycles. The van der Waals surface area contributed by atoms with Crippen LogP contribution in [0.4, 0.5) is 0 Å². The van der Waals surface area contributed by atoms with Gasteiger partial charge >= 0.3 is 0 Å². The van der Waals surface area contributed by atoms with Crippen molar-refractivity contribution in [3.63, 3.8) is 0 Å². The van der Waals surface area contributed by atoms with Crippen molar-refractivity contribution >= 4 is 5.91 Å². The summed E-state index contributed by atoms with van der Waals surface area (Å²) in [5, 5.41) is 28.5. The van der Waals surface area contributed by atoms with Crippen molar-refractivity contribution in [1.82, 2.24) is 31.5 Å². The number of aliphatic hydroxyl groups is 1. The Bertz CT molecular complexity index is 819. The zero-order valence-electron chi connectivity index (χ0n) is 25.2. The van der Waals surface area contributed by atoms with Crippen molar-refractivity contribution in [2.24, 2.45) is 17.8 Å². The molecule has 3 aliphatic heterocycles. The summed E-state index contributed by atoms with van der Waals surface area (Å²) in [6, 6.07) is 1.53. The van der Waals surface area contributed by atoms with Crippen LogP contribution in [-0.2, 0) is 14.3 Å². The molecule has 0 bridgehead atoms. The SMILES string of the molecule is CC1NCOC1COC1CCC2CN(C[C@@H](O)CNC(=O)C3CC(NC4CCC4)NC(NC4CCC4)C3)CCC2C1. The molecule has 6 N–H and O–H groups in total. The first-order valence-electron chi connectivity index (χ1n) is 16.9. The molecule has 41 heavy (non-hydrogen) atoms. The van der Waals surface area contributed by atoms with Crippen LogP contribution in [0.15, 0.2) is 0 Å². The van der Waals surface area contributed by atoms with Crippen molar-refractivity contribution in [3.8, 4) is 0 Å². The Balaban J connectivity index is 0.900. The molecular formula is C31H56N6O4. The van der Waals surface area contributed by atoms with Crippen molar-refractivity contribution in [2.45, 2.75) is 133 Å². The number of likely N-dealkylation sites (tertiary alicyclic amines) is 1. The van der Waals surface area contributed by atoms with Gasteiger partial charge in [-0.1, -0.05) is 12.8 Å². The van der Waals surface area contributed by atoms with Crippen molar-refractivity contribution in [1.29, 1.82) is 0 Å². The lowest BCUT2D eigenvalue weighted by atomic mass is 9.74. The van der Waals surface area contributed by atoms with E-state index in [1.165, 1.54) is 51.4 Å². The lowest BCUT2D eigenvalue weighted by Crippen LogP contribution is -2.63. The molecule has 0 radical (unpaired) electrons. The van der Waals surface area contributed by atoms with Crippen molar-refractivity contribution in [3.05, 3.63) is 0 Å². The molecule has 8 atom stereocenters. The van der Waals surface area contributed by atoms with Crippen LogP contribution in [-0.4, -0.2) is 104 Å². The highest BCUT2D eigenvalue weighted by atomic mass is 16.5. The standard InChI is InChI=1S/C31H56N6O4/c1-20-28(41-19-33-20)18-40-27-9-8-22-16-37(11-10-21(22)12-27)17-26(38)15-32-31(39)23-13-29(34-24-4-2-5-24)36-30(14-23)35-25-6-3-7-25/h20-30,33-36,38H,2-19H2,1H3,(H,32,39)/t20?,21?,22?,23?,26-,27?,28?,29?,30?/m0/s1. The second-order valence-corrected chi connectivity index (χ2v) is 14.1. The molecular weight excluding hydrogens is 520 g/mol. The Labute approximate surface area is 246 Å². The molecule has 0 spiro atoms. The van der Waals surface area contributed by atoms with Crippen LogP contribution < -0.4 is 26.6 Å². The minimum atomic E-state index is -0.535. The number of β-amino-alcohol motifs (C(OH)–C–C–N with tert-alkyl or cyclic N) is 1. The highest BCUT2D eigenvalue weighted by Gasteiger charge is 2.38. The quantitative estimate of drug-likeness (QED) is 0.204. The number of hydrogen-bond donors (Lipinski definition) is 6. The van der Waals surface area contributed by atoms with Crippen molar-refractivity contribution in [2.75, 3.05) is 39.5 Å². The van der Waals surface area contributed by atoms with Gasteiger partial charge in [-0.3, -0.25) is 26.1 Å². The van der Waals surface area contributed by atoms with Crippen LogP contribution in [0.3, 0.4) is 0 Å². The van der Waals surface area contributed by atoms with Crippen LogP contribution >= 0.6 is 0 Å². The van der Waals surface area contributed by atoms with Crippen molar-refractivity contribution < 1.29 is 19.4 Å². The fourth-order valence-electron chi connectivity index (χ4n) is 7.89. The Morgan fingerprint density at radius 1 is 1.00 bits per heavy atom. The van der Waals surface area contributed by atoms with E-state index in [9.17, 15) is 9.90 Å². The summed E-state index contributed by atoms with van der Waals surface area (Å²) in [5.41, 5.74) is 0. The third kappa shape index (κ3) is 8.20. The first-order chi connectivity index (χ1) is 20.0. The van der Waals surface area contributed by atoms with E-state index < -0.39 is 6.10 Å². The van der Waals surface area contributed by atoms with E-state index in [2.05, 4.69) is 38.4 Å². The summed E-state index contributed by atoms with van der Waals surface area (Å²) < 4.78 is 12.0. The Morgan fingerprint density at radius 3 is 2.37 bits per heavy atom. The molecule has 234 valence electrons. The molecule has 3 saturated heterocycles. The number of carbonyl (C=O) groups is 1. The molecule has 6 aliphatic rings. The van der Waals surface area contributed by atoms with Gasteiger partial charge in [0.05, 0.1) is 44.0 Å². The first-order valence-corrected chi connectivity index (χ1v) is 16.9. The van der Waals surface area contributed by atoms with Gasteiger partial charge in [-0.05, 0) is 89.5 Å². The van der Waals surface area contributed by atoms with E-state index in [4.69, 9.17) is 9.47 Å². The molecule has 10 heteroatoms. The van der Waals surface area contributed by atoms with Gasteiger partial charge < -0.3 is 24.8 Å². The minimum Gasteiger partial charge on any atom is -0.390 e. The number of nitrogens with one attached hydrogen (secondary N) is 5. The molecule has 0 aromatic carbocycles. The lowest BCUT2D eigenvalue weighted by Gasteiger charge is -2.44. The Hall–Kier alpha value is -0.850. The predicted molar refractivity (Wildman–Crippen MR) is 158 cm³/mol. The zero-order chi connectivity index (χ0) is 28.2. The maximum Gasteiger partial charge on any atom is 0.223 e. The topological polar surface area (TPSA) is 119 Å². The van der Waals surface area contributed by atoms with Crippen LogP contribution in [0.2, 0.25) is 0 Å². The Morgan fingerprint density at radius 2 is 1.73 bits per heavy atom. The number of carbonyl (C=O) groups excluding carboxylic acids is 1. The highest BCUT2D eigenvalue weighted by Crippen LogP contribution is 2.37. The average molecular weight is 577 g/mol. The number of hydrogen-bond acceptors (Lipinski definition) is 9. The monoisotopic (exact) mass is 576 g/mol. The lowest BCUT2D eigenvalue weighted by molar-refractivity contribution is -0.127. The molecule has 6 fully saturated rings. The number of amides is 1. The van der Waals surface area contributed by atoms with E-state index in [-0.39, 0.29) is 30.3 Å². The molecule has 10 nitrogen and oxygen atoms in total. The van der Waals surface area contributed by atoms with Crippen LogP contribution in [0.25, 0.3) is 0 Å². The summed E-state index contributed by atoms with van der Waals surface area (Å²) >= 11 is 0. The molecule has 7 unspecified atom stereocenters. The van der Waals surface area contributed by atoms with Crippen LogP contribution in [0, 0.1) is 17.8 Å². The number of ether oxygens (including phenoxy) is 2. The van der Waals surface area contributed by atoms with Gasteiger partial charge in [0.15, 0.2) is 0 Å². The molecule has 0 aromatic heterocycles. The largest absolute Gasteiger partial charge is 0.390 e. The first kappa shape index (κ1) is 30.2. The molecule has 3 saturated carbocycles. The second kappa shape index (κ2) is 14.3. The minimum absolute atomic E-state index is 0.0357. The van der Waals surface area contributed by atoms with Gasteiger partial charge in [0.25, 0.3) is 0 Å². The number of nitrogens with zero attached hydrogens (tertiary/aromatic N) is 1. The van der Waals surface area contributed by atoms with Gasteiger partial charge in [-0.15, -0.1) is 0 Å². The summed E-state index contributed by atoms with van der Waals surface area (Å²) in [5.74, 6) is 1.46. The van der Waals surface area contributed by atoms with E-state index in [0.29, 0.717) is 62.5 Å². The fraction of sp³-hybridized carbons (Fsp3) is 0.968. The zero-order valence-corrected chi connectivity index (χ0v) is 25.2. The number of piperidine rings is 2. The smallest absolute Gasteiger partial charge is 0.223 e. The van der Waals surface area contributed by atoms with E-state index >= 15 is 0 Å². The summed E-state index contributed by atoms with van der Waals surface area (Å²) in [4.78, 5) is 15.7. The molecule has 6 rings (SSSR count). The van der Waals surface area contributed by atoms with Crippen LogP contribution in [0.5, 0.6) is 0 Å². The highest BCUT2D eigenvalue weighted by molar-refractivity contribution is 5.78. The van der Waals surface area contributed by atoms with Crippen LogP contribution in [0.1, 0.15) is 84.0 Å². The third-order valence-electron chi connectivity index (χ3n) is 11.0. The molecule has 0 aromatic rings. The van der Waals surface area contributed by atoms with E-state index in [0.717, 1.165) is 38.8 Å². The molecule has 1 amide bonds. The van der Waals surface area contributed by atoms with Gasteiger partial charge in [0.1, 0.15) is 0 Å².